The number of anilines is 1. The zero-order valence-electron chi connectivity index (χ0n) is 15.5. The molecule has 3 rings (SSSR count). The van der Waals surface area contributed by atoms with Crippen molar-refractivity contribution in [3.63, 3.8) is 0 Å². The lowest BCUT2D eigenvalue weighted by Gasteiger charge is -2.08. The molecule has 0 bridgehead atoms. The van der Waals surface area contributed by atoms with Gasteiger partial charge < -0.3 is 14.8 Å². The largest absolute Gasteiger partial charge is 0.497 e. The number of benzene rings is 3. The highest BCUT2D eigenvalue weighted by molar-refractivity contribution is 7.80. The summed E-state index contributed by atoms with van der Waals surface area (Å²) in [6.45, 7) is 0.523. The Bertz CT molecular complexity index is 928. The van der Waals surface area contributed by atoms with Crippen molar-refractivity contribution < 1.29 is 9.47 Å². The molecule has 0 amide bonds. The minimum absolute atomic E-state index is 0.401. The molecule has 0 aliphatic carbocycles. The lowest BCUT2D eigenvalue weighted by Crippen LogP contribution is -2.23. The van der Waals surface area contributed by atoms with Crippen LogP contribution in [-0.4, -0.2) is 18.4 Å². The third kappa shape index (κ3) is 6.10. The summed E-state index contributed by atoms with van der Waals surface area (Å²) in [5.41, 5.74) is 5.69. The summed E-state index contributed by atoms with van der Waals surface area (Å²) in [6.07, 6.45) is 1.69. The van der Waals surface area contributed by atoms with Crippen molar-refractivity contribution >= 4 is 29.2 Å². The fourth-order valence-electron chi connectivity index (χ4n) is 2.42. The molecule has 0 heterocycles. The van der Waals surface area contributed by atoms with Crippen LogP contribution in [0.3, 0.4) is 0 Å². The summed E-state index contributed by atoms with van der Waals surface area (Å²) >= 11 is 5.24. The predicted molar refractivity (Wildman–Crippen MR) is 117 cm³/mol. The van der Waals surface area contributed by atoms with Gasteiger partial charge in [0.25, 0.3) is 0 Å². The summed E-state index contributed by atoms with van der Waals surface area (Å²) in [5.74, 6) is 1.57. The van der Waals surface area contributed by atoms with Crippen LogP contribution in [0.2, 0.25) is 0 Å². The summed E-state index contributed by atoms with van der Waals surface area (Å²) in [6, 6.07) is 25.2. The fourth-order valence-corrected chi connectivity index (χ4v) is 2.59. The molecule has 28 heavy (non-hydrogen) atoms. The Morgan fingerprint density at radius 3 is 2.50 bits per heavy atom. The maximum atomic E-state index is 5.83. The number of hydrogen-bond acceptors (Lipinski definition) is 4. The molecule has 2 N–H and O–H groups in total. The van der Waals surface area contributed by atoms with Gasteiger partial charge in [-0.15, -0.1) is 0 Å². The van der Waals surface area contributed by atoms with Crippen molar-refractivity contribution in [1.29, 1.82) is 0 Å². The number of thiocarbonyl (C=S) groups is 1. The first kappa shape index (κ1) is 19.4. The Morgan fingerprint density at radius 2 is 1.75 bits per heavy atom. The van der Waals surface area contributed by atoms with Crippen LogP contribution in [0.1, 0.15) is 11.1 Å². The number of methoxy groups -OCH3 is 1. The Labute approximate surface area is 170 Å². The van der Waals surface area contributed by atoms with E-state index >= 15 is 0 Å². The molecular formula is C22H21N3O2S. The van der Waals surface area contributed by atoms with E-state index in [0.717, 1.165) is 28.3 Å². The molecule has 0 fully saturated rings. The Kier molecular flexibility index (Phi) is 6.98. The van der Waals surface area contributed by atoms with Gasteiger partial charge in [0.2, 0.25) is 0 Å². The first-order valence-corrected chi connectivity index (χ1v) is 9.14. The average molecular weight is 391 g/mol. The van der Waals surface area contributed by atoms with E-state index in [0.29, 0.717) is 11.7 Å². The van der Waals surface area contributed by atoms with Crippen LogP contribution < -0.4 is 20.2 Å². The van der Waals surface area contributed by atoms with Gasteiger partial charge in [-0.1, -0.05) is 42.5 Å². The quantitative estimate of drug-likeness (QED) is 0.350. The number of ether oxygens (including phenoxy) is 2. The molecule has 6 heteroatoms. The molecule has 0 radical (unpaired) electrons. The van der Waals surface area contributed by atoms with Crippen LogP contribution in [0.4, 0.5) is 5.69 Å². The van der Waals surface area contributed by atoms with Crippen molar-refractivity contribution in [2.75, 3.05) is 12.4 Å². The monoisotopic (exact) mass is 391 g/mol. The lowest BCUT2D eigenvalue weighted by atomic mass is 10.2. The molecule has 3 aromatic rings. The zero-order chi connectivity index (χ0) is 19.6. The summed E-state index contributed by atoms with van der Waals surface area (Å²) < 4.78 is 11.0. The molecule has 5 nitrogen and oxygen atoms in total. The molecule has 3 aromatic carbocycles. The van der Waals surface area contributed by atoms with E-state index in [2.05, 4.69) is 15.8 Å². The molecule has 0 saturated heterocycles. The molecule has 0 unspecified atom stereocenters. The van der Waals surface area contributed by atoms with Crippen LogP contribution in [0.15, 0.2) is 84.0 Å². The van der Waals surface area contributed by atoms with Crippen LogP contribution in [0, 0.1) is 0 Å². The van der Waals surface area contributed by atoms with Crippen molar-refractivity contribution in [2.24, 2.45) is 5.10 Å². The summed E-state index contributed by atoms with van der Waals surface area (Å²) in [7, 11) is 1.63. The van der Waals surface area contributed by atoms with Gasteiger partial charge in [-0.2, -0.15) is 5.10 Å². The van der Waals surface area contributed by atoms with E-state index in [1.165, 1.54) is 0 Å². The average Bonchev–Trinajstić information content (AvgIpc) is 2.74. The van der Waals surface area contributed by atoms with E-state index in [1.54, 1.807) is 13.3 Å². The number of hydrogen-bond donors (Lipinski definition) is 2. The smallest absolute Gasteiger partial charge is 0.191 e. The van der Waals surface area contributed by atoms with E-state index in [-0.39, 0.29) is 0 Å². The standard InChI is InChI=1S/C22H21N3O2S/c1-26-20-12-10-19(11-13-20)24-22(28)25-23-15-18-8-5-9-21(14-18)27-16-17-6-3-2-4-7-17/h2-15H,16H2,1H3,(H2,24,25,28). The molecular weight excluding hydrogens is 370 g/mol. The van der Waals surface area contributed by atoms with Crippen molar-refractivity contribution in [1.82, 2.24) is 5.43 Å². The van der Waals surface area contributed by atoms with Crippen LogP contribution >= 0.6 is 12.2 Å². The van der Waals surface area contributed by atoms with Crippen LogP contribution in [-0.2, 0) is 6.61 Å². The van der Waals surface area contributed by atoms with Crippen molar-refractivity contribution in [2.45, 2.75) is 6.61 Å². The SMILES string of the molecule is COc1ccc(NC(=S)NN=Cc2cccc(OCc3ccccc3)c2)cc1. The maximum Gasteiger partial charge on any atom is 0.191 e. The van der Waals surface area contributed by atoms with Gasteiger partial charge >= 0.3 is 0 Å². The van der Waals surface area contributed by atoms with Gasteiger partial charge in [0.15, 0.2) is 5.11 Å². The van der Waals surface area contributed by atoms with Crippen molar-refractivity contribution in [3.05, 3.63) is 90.0 Å². The van der Waals surface area contributed by atoms with Crippen molar-refractivity contribution in [3.8, 4) is 11.5 Å². The normalized spacial score (nSPS) is 10.5. The minimum Gasteiger partial charge on any atom is -0.497 e. The first-order valence-electron chi connectivity index (χ1n) is 8.74. The molecule has 0 atom stereocenters. The highest BCUT2D eigenvalue weighted by atomic mass is 32.1. The predicted octanol–water partition coefficient (Wildman–Crippen LogP) is 4.59. The van der Waals surface area contributed by atoms with E-state index < -0.39 is 0 Å². The van der Waals surface area contributed by atoms with E-state index in [9.17, 15) is 0 Å². The summed E-state index contributed by atoms with van der Waals surface area (Å²) in [4.78, 5) is 0. The van der Waals surface area contributed by atoms with E-state index in [1.807, 2.05) is 78.9 Å². The molecule has 0 aliphatic rings. The van der Waals surface area contributed by atoms with Gasteiger partial charge in [-0.3, -0.25) is 5.43 Å². The molecule has 0 saturated carbocycles. The number of nitrogens with zero attached hydrogens (tertiary/aromatic N) is 1. The number of hydrazone groups is 1. The topological polar surface area (TPSA) is 54.9 Å². The van der Waals surface area contributed by atoms with Crippen LogP contribution in [0.25, 0.3) is 0 Å². The maximum absolute atomic E-state index is 5.83. The third-order valence-corrected chi connectivity index (χ3v) is 4.03. The molecule has 0 spiro atoms. The van der Waals surface area contributed by atoms with Gasteiger partial charge in [0.1, 0.15) is 18.1 Å². The Balaban J connectivity index is 1.50. The minimum atomic E-state index is 0.401. The first-order chi connectivity index (χ1) is 13.7. The molecule has 0 aromatic heterocycles. The Hall–Kier alpha value is -3.38. The van der Waals surface area contributed by atoms with Crippen LogP contribution in [0.5, 0.6) is 11.5 Å². The zero-order valence-corrected chi connectivity index (χ0v) is 16.3. The molecule has 0 aliphatic heterocycles. The third-order valence-electron chi connectivity index (χ3n) is 3.83. The van der Waals surface area contributed by atoms with Gasteiger partial charge in [0, 0.05) is 5.69 Å². The fraction of sp³-hybridized carbons (Fsp3) is 0.0909. The number of nitrogens with one attached hydrogen (secondary N) is 2. The second-order valence-corrected chi connectivity index (χ2v) is 6.31. The highest BCUT2D eigenvalue weighted by Gasteiger charge is 1.99. The van der Waals surface area contributed by atoms with Gasteiger partial charge in [-0.25, -0.2) is 0 Å². The number of rotatable bonds is 7. The van der Waals surface area contributed by atoms with Gasteiger partial charge in [-0.05, 0) is 59.7 Å². The van der Waals surface area contributed by atoms with E-state index in [4.69, 9.17) is 21.7 Å². The second kappa shape index (κ2) is 10.1. The van der Waals surface area contributed by atoms with Gasteiger partial charge in [0.05, 0.1) is 13.3 Å². The second-order valence-electron chi connectivity index (χ2n) is 5.90. The lowest BCUT2D eigenvalue weighted by molar-refractivity contribution is 0.306. The molecule has 142 valence electrons. The Morgan fingerprint density at radius 1 is 0.964 bits per heavy atom. The highest BCUT2D eigenvalue weighted by Crippen LogP contribution is 2.15. The summed E-state index contributed by atoms with van der Waals surface area (Å²) in [5, 5.41) is 7.63.